The molecular formula is C15H18BrNO3. The maximum absolute atomic E-state index is 11.7. The van der Waals surface area contributed by atoms with E-state index in [4.69, 9.17) is 5.11 Å². The monoisotopic (exact) mass is 339 g/mol. The molecule has 0 bridgehead atoms. The van der Waals surface area contributed by atoms with Crippen molar-refractivity contribution in [1.82, 2.24) is 5.32 Å². The van der Waals surface area contributed by atoms with Crippen molar-refractivity contribution in [2.24, 2.45) is 0 Å². The predicted octanol–water partition coefficient (Wildman–Crippen LogP) is 3.22. The van der Waals surface area contributed by atoms with Crippen molar-refractivity contribution >= 4 is 33.9 Å². The van der Waals surface area contributed by atoms with Crippen LogP contribution in [0, 0.1) is 0 Å². The Morgan fingerprint density at radius 1 is 1.35 bits per heavy atom. The summed E-state index contributed by atoms with van der Waals surface area (Å²) in [5.41, 5.74) is 0.879. The van der Waals surface area contributed by atoms with Crippen LogP contribution in [0.15, 0.2) is 34.8 Å². The number of rotatable bonds is 7. The van der Waals surface area contributed by atoms with E-state index in [0.717, 1.165) is 22.9 Å². The largest absolute Gasteiger partial charge is 0.480 e. The maximum Gasteiger partial charge on any atom is 0.326 e. The van der Waals surface area contributed by atoms with Crippen molar-refractivity contribution in [3.63, 3.8) is 0 Å². The van der Waals surface area contributed by atoms with Crippen LogP contribution in [0.25, 0.3) is 6.08 Å². The second kappa shape index (κ2) is 8.53. The number of aliphatic carboxylic acids is 1. The summed E-state index contributed by atoms with van der Waals surface area (Å²) in [6.45, 7) is 1.98. The average Bonchev–Trinajstić information content (AvgIpc) is 2.42. The van der Waals surface area contributed by atoms with Crippen LogP contribution in [0.2, 0.25) is 0 Å². The van der Waals surface area contributed by atoms with Crippen molar-refractivity contribution in [3.05, 3.63) is 40.4 Å². The molecule has 0 saturated heterocycles. The number of benzene rings is 1. The number of carboxylic acids is 1. The van der Waals surface area contributed by atoms with Crippen LogP contribution in [-0.2, 0) is 9.59 Å². The molecule has 20 heavy (non-hydrogen) atoms. The number of halogens is 1. The van der Waals surface area contributed by atoms with E-state index in [1.54, 1.807) is 6.08 Å². The first-order valence-electron chi connectivity index (χ1n) is 6.50. The fourth-order valence-corrected chi connectivity index (χ4v) is 1.90. The number of amides is 1. The van der Waals surface area contributed by atoms with Crippen molar-refractivity contribution in [1.29, 1.82) is 0 Å². The van der Waals surface area contributed by atoms with Gasteiger partial charge in [-0.3, -0.25) is 4.79 Å². The van der Waals surface area contributed by atoms with E-state index in [2.05, 4.69) is 21.2 Å². The van der Waals surface area contributed by atoms with E-state index in [1.165, 1.54) is 6.08 Å². The topological polar surface area (TPSA) is 66.4 Å². The van der Waals surface area contributed by atoms with E-state index in [1.807, 2.05) is 31.2 Å². The third kappa shape index (κ3) is 6.02. The zero-order valence-electron chi connectivity index (χ0n) is 11.3. The summed E-state index contributed by atoms with van der Waals surface area (Å²) >= 11 is 3.33. The lowest BCUT2D eigenvalue weighted by Crippen LogP contribution is -2.39. The van der Waals surface area contributed by atoms with Gasteiger partial charge in [-0.15, -0.1) is 0 Å². The minimum absolute atomic E-state index is 0.392. The molecule has 5 heteroatoms. The number of carbonyl (C=O) groups is 2. The van der Waals surface area contributed by atoms with Gasteiger partial charge in [0.15, 0.2) is 0 Å². The number of carboxylic acid groups (broad SMARTS) is 1. The lowest BCUT2D eigenvalue weighted by Gasteiger charge is -2.12. The van der Waals surface area contributed by atoms with Gasteiger partial charge in [0, 0.05) is 10.5 Å². The van der Waals surface area contributed by atoms with Gasteiger partial charge in [0.05, 0.1) is 0 Å². The fourth-order valence-electron chi connectivity index (χ4n) is 1.63. The maximum atomic E-state index is 11.7. The van der Waals surface area contributed by atoms with Gasteiger partial charge in [-0.25, -0.2) is 4.79 Å². The van der Waals surface area contributed by atoms with E-state index in [9.17, 15) is 9.59 Å². The highest BCUT2D eigenvalue weighted by Gasteiger charge is 2.17. The first-order chi connectivity index (χ1) is 9.52. The summed E-state index contributed by atoms with van der Waals surface area (Å²) in [5.74, 6) is -1.39. The molecule has 0 saturated carbocycles. The third-order valence-electron chi connectivity index (χ3n) is 2.76. The number of carbonyl (C=O) groups excluding carboxylic acids is 1. The second-order valence-electron chi connectivity index (χ2n) is 4.43. The zero-order chi connectivity index (χ0) is 15.0. The first kappa shape index (κ1) is 16.4. The lowest BCUT2D eigenvalue weighted by molar-refractivity contribution is -0.141. The van der Waals surface area contributed by atoms with Gasteiger partial charge in [0.1, 0.15) is 6.04 Å². The Labute approximate surface area is 127 Å². The Morgan fingerprint density at radius 3 is 2.55 bits per heavy atom. The summed E-state index contributed by atoms with van der Waals surface area (Å²) in [6, 6.07) is 6.65. The highest BCUT2D eigenvalue weighted by molar-refractivity contribution is 9.10. The molecule has 0 spiro atoms. The summed E-state index contributed by atoms with van der Waals surface area (Å²) in [4.78, 5) is 22.7. The lowest BCUT2D eigenvalue weighted by atomic mass is 10.1. The van der Waals surface area contributed by atoms with Gasteiger partial charge in [0.2, 0.25) is 5.91 Å². The van der Waals surface area contributed by atoms with Crippen LogP contribution in [0.4, 0.5) is 0 Å². The van der Waals surface area contributed by atoms with Gasteiger partial charge in [-0.05, 0) is 30.2 Å². The summed E-state index contributed by atoms with van der Waals surface area (Å²) < 4.78 is 0.963. The summed E-state index contributed by atoms with van der Waals surface area (Å²) in [6.07, 6.45) is 5.12. The molecule has 1 unspecified atom stereocenters. The SMILES string of the molecule is CCCCC(NC(=O)/C=C/c1ccc(Br)cc1)C(=O)O. The molecule has 0 fully saturated rings. The second-order valence-corrected chi connectivity index (χ2v) is 5.34. The van der Waals surface area contributed by atoms with Gasteiger partial charge >= 0.3 is 5.97 Å². The number of unbranched alkanes of at least 4 members (excludes halogenated alkanes) is 1. The van der Waals surface area contributed by atoms with Crippen molar-refractivity contribution < 1.29 is 14.7 Å². The number of hydrogen-bond donors (Lipinski definition) is 2. The molecule has 0 heterocycles. The van der Waals surface area contributed by atoms with Crippen LogP contribution in [0.3, 0.4) is 0 Å². The molecule has 0 aliphatic rings. The average molecular weight is 340 g/mol. The van der Waals surface area contributed by atoms with E-state index >= 15 is 0 Å². The molecule has 0 aliphatic carbocycles. The standard InChI is InChI=1S/C15H18BrNO3/c1-2-3-4-13(15(19)20)17-14(18)10-7-11-5-8-12(16)9-6-11/h5-10,13H,2-4H2,1H3,(H,17,18)(H,19,20)/b10-7+. The number of nitrogens with one attached hydrogen (secondary N) is 1. The van der Waals surface area contributed by atoms with Crippen LogP contribution in [0.1, 0.15) is 31.7 Å². The Bertz CT molecular complexity index is 482. The van der Waals surface area contributed by atoms with Gasteiger partial charge in [0.25, 0.3) is 0 Å². The quantitative estimate of drug-likeness (QED) is 0.749. The molecule has 0 aliphatic heterocycles. The molecule has 1 amide bonds. The highest BCUT2D eigenvalue weighted by Crippen LogP contribution is 2.11. The molecule has 4 nitrogen and oxygen atoms in total. The molecule has 0 aromatic heterocycles. The normalized spacial score (nSPS) is 12.3. The van der Waals surface area contributed by atoms with Gasteiger partial charge < -0.3 is 10.4 Å². The first-order valence-corrected chi connectivity index (χ1v) is 7.29. The minimum Gasteiger partial charge on any atom is -0.480 e. The van der Waals surface area contributed by atoms with Crippen LogP contribution < -0.4 is 5.32 Å². The summed E-state index contributed by atoms with van der Waals surface area (Å²) in [5, 5.41) is 11.5. The summed E-state index contributed by atoms with van der Waals surface area (Å²) in [7, 11) is 0. The minimum atomic E-state index is -0.996. The predicted molar refractivity (Wildman–Crippen MR) is 82.3 cm³/mol. The zero-order valence-corrected chi connectivity index (χ0v) is 12.9. The van der Waals surface area contributed by atoms with E-state index in [-0.39, 0.29) is 0 Å². The van der Waals surface area contributed by atoms with Crippen LogP contribution in [0.5, 0.6) is 0 Å². The third-order valence-corrected chi connectivity index (χ3v) is 3.29. The Balaban J connectivity index is 2.56. The molecule has 1 atom stereocenters. The Morgan fingerprint density at radius 2 is 2.00 bits per heavy atom. The van der Waals surface area contributed by atoms with Crippen molar-refractivity contribution in [2.45, 2.75) is 32.2 Å². The molecule has 1 rings (SSSR count). The molecule has 0 radical (unpaired) electrons. The van der Waals surface area contributed by atoms with Crippen LogP contribution in [-0.4, -0.2) is 23.0 Å². The van der Waals surface area contributed by atoms with Crippen molar-refractivity contribution in [3.8, 4) is 0 Å². The molecule has 1 aromatic carbocycles. The van der Waals surface area contributed by atoms with Crippen LogP contribution >= 0.6 is 15.9 Å². The highest BCUT2D eigenvalue weighted by atomic mass is 79.9. The van der Waals surface area contributed by atoms with Crippen molar-refractivity contribution in [2.75, 3.05) is 0 Å². The molecular weight excluding hydrogens is 322 g/mol. The van der Waals surface area contributed by atoms with Gasteiger partial charge in [-0.2, -0.15) is 0 Å². The molecule has 1 aromatic rings. The Kier molecular flexibility index (Phi) is 7.01. The Hall–Kier alpha value is -1.62. The fraction of sp³-hybridized carbons (Fsp3) is 0.333. The molecule has 108 valence electrons. The van der Waals surface area contributed by atoms with Gasteiger partial charge in [-0.1, -0.05) is 47.8 Å². The van der Waals surface area contributed by atoms with E-state index in [0.29, 0.717) is 6.42 Å². The van der Waals surface area contributed by atoms with E-state index < -0.39 is 17.9 Å². The molecule has 2 N–H and O–H groups in total. The smallest absolute Gasteiger partial charge is 0.326 e. The number of hydrogen-bond acceptors (Lipinski definition) is 2.